The number of nitrogens with one attached hydrogen (secondary N) is 2. The Morgan fingerprint density at radius 3 is 2.26 bits per heavy atom. The van der Waals surface area contributed by atoms with Crippen molar-refractivity contribution in [3.05, 3.63) is 29.8 Å². The van der Waals surface area contributed by atoms with Gasteiger partial charge in [-0.2, -0.15) is 0 Å². The van der Waals surface area contributed by atoms with Gasteiger partial charge >= 0.3 is 0 Å². The van der Waals surface area contributed by atoms with Gasteiger partial charge in [0.1, 0.15) is 23.7 Å². The fourth-order valence-electron chi connectivity index (χ4n) is 1.33. The van der Waals surface area contributed by atoms with Gasteiger partial charge in [0.2, 0.25) is 11.8 Å². The molecule has 0 bridgehead atoms. The van der Waals surface area contributed by atoms with Gasteiger partial charge in [-0.15, -0.1) is 0 Å². The van der Waals surface area contributed by atoms with Crippen LogP contribution in [0.1, 0.15) is 20.3 Å². The largest absolute Gasteiger partial charge is 0.355 e. The van der Waals surface area contributed by atoms with Crippen LogP contribution in [0.15, 0.2) is 18.2 Å². The Labute approximate surface area is 110 Å². The summed E-state index contributed by atoms with van der Waals surface area (Å²) in [5.74, 6) is -2.74. The second-order valence-corrected chi connectivity index (χ2v) is 4.52. The van der Waals surface area contributed by atoms with E-state index in [9.17, 15) is 18.4 Å². The molecule has 6 heteroatoms. The molecule has 1 rings (SSSR count). The van der Waals surface area contributed by atoms with Crippen LogP contribution in [0.3, 0.4) is 0 Å². The average Bonchev–Trinajstić information content (AvgIpc) is 2.31. The van der Waals surface area contributed by atoms with Gasteiger partial charge in [0.15, 0.2) is 0 Å². The zero-order valence-electron chi connectivity index (χ0n) is 10.8. The Morgan fingerprint density at radius 1 is 1.16 bits per heavy atom. The number of hydrogen-bond acceptors (Lipinski definition) is 2. The molecule has 0 aliphatic carbocycles. The maximum absolute atomic E-state index is 13.2. The molecule has 0 unspecified atom stereocenters. The molecule has 19 heavy (non-hydrogen) atoms. The summed E-state index contributed by atoms with van der Waals surface area (Å²) in [5.41, 5.74) is -0.538. The predicted molar refractivity (Wildman–Crippen MR) is 67.5 cm³/mol. The lowest BCUT2D eigenvalue weighted by Crippen LogP contribution is -2.31. The Hall–Kier alpha value is -1.98. The highest BCUT2D eigenvalue weighted by atomic mass is 19.1. The lowest BCUT2D eigenvalue weighted by Gasteiger charge is -2.09. The first-order valence-corrected chi connectivity index (χ1v) is 5.90. The number of carbonyl (C=O) groups excluding carboxylic acids is 2. The van der Waals surface area contributed by atoms with E-state index in [0.717, 1.165) is 12.1 Å². The van der Waals surface area contributed by atoms with E-state index in [1.54, 1.807) is 0 Å². The molecule has 0 fully saturated rings. The number of carbonyl (C=O) groups is 2. The summed E-state index contributed by atoms with van der Waals surface area (Å²) in [7, 11) is 0. The van der Waals surface area contributed by atoms with Crippen LogP contribution < -0.4 is 10.6 Å². The minimum absolute atomic E-state index is 0.260. The number of hydrogen-bond donors (Lipinski definition) is 2. The summed E-state index contributed by atoms with van der Waals surface area (Å²) in [5, 5.41) is 4.59. The molecule has 1 aromatic rings. The third-order valence-electron chi connectivity index (χ3n) is 2.26. The van der Waals surface area contributed by atoms with Crippen molar-refractivity contribution < 1.29 is 18.4 Å². The molecule has 104 valence electrons. The molecular weight excluding hydrogens is 254 g/mol. The van der Waals surface area contributed by atoms with Crippen LogP contribution in [0.25, 0.3) is 0 Å². The molecule has 0 saturated heterocycles. The topological polar surface area (TPSA) is 58.2 Å². The molecule has 0 radical (unpaired) electrons. The number of halogens is 2. The summed E-state index contributed by atoms with van der Waals surface area (Å²) < 4.78 is 26.5. The Kier molecular flexibility index (Phi) is 5.41. The summed E-state index contributed by atoms with van der Waals surface area (Å²) in [6.07, 6.45) is -0.472. The third-order valence-corrected chi connectivity index (χ3v) is 2.26. The monoisotopic (exact) mass is 270 g/mol. The first kappa shape index (κ1) is 15.1. The third kappa shape index (κ3) is 5.03. The molecule has 0 saturated carbocycles. The molecule has 4 nitrogen and oxygen atoms in total. The van der Waals surface area contributed by atoms with Crippen molar-refractivity contribution in [3.63, 3.8) is 0 Å². The minimum Gasteiger partial charge on any atom is -0.355 e. The van der Waals surface area contributed by atoms with Crippen molar-refractivity contribution in [3.8, 4) is 0 Å². The van der Waals surface area contributed by atoms with E-state index in [2.05, 4.69) is 5.32 Å². The molecule has 0 aromatic heterocycles. The molecule has 2 N–H and O–H groups in total. The zero-order chi connectivity index (χ0) is 14.4. The first-order chi connectivity index (χ1) is 8.90. The maximum Gasteiger partial charge on any atom is 0.233 e. The zero-order valence-corrected chi connectivity index (χ0v) is 10.8. The van der Waals surface area contributed by atoms with Crippen LogP contribution in [0, 0.1) is 17.6 Å². The molecule has 2 amide bonds. The van der Waals surface area contributed by atoms with Gasteiger partial charge < -0.3 is 10.6 Å². The smallest absolute Gasteiger partial charge is 0.233 e. The molecule has 0 aliphatic rings. The van der Waals surface area contributed by atoms with E-state index in [1.807, 2.05) is 19.2 Å². The fraction of sp³-hybridized carbons (Fsp3) is 0.385. The summed E-state index contributed by atoms with van der Waals surface area (Å²) in [6, 6.07) is 3.24. The van der Waals surface area contributed by atoms with Crippen LogP contribution in [0.4, 0.5) is 14.5 Å². The summed E-state index contributed by atoms with van der Waals surface area (Å²) in [6.45, 7) is 4.27. The van der Waals surface area contributed by atoms with Gasteiger partial charge in [0.25, 0.3) is 0 Å². The van der Waals surface area contributed by atoms with Gasteiger partial charge in [-0.3, -0.25) is 9.59 Å². The lowest BCUT2D eigenvalue weighted by atomic mass is 10.2. The van der Waals surface area contributed by atoms with E-state index in [0.29, 0.717) is 6.54 Å². The number of amides is 2. The minimum atomic E-state index is -0.879. The van der Waals surface area contributed by atoms with Crippen molar-refractivity contribution in [2.75, 3.05) is 11.9 Å². The number of benzene rings is 1. The van der Waals surface area contributed by atoms with E-state index in [-0.39, 0.29) is 5.92 Å². The van der Waals surface area contributed by atoms with E-state index in [4.69, 9.17) is 0 Å². The number of para-hydroxylation sites is 1. The van der Waals surface area contributed by atoms with Gasteiger partial charge in [0, 0.05) is 6.54 Å². The summed E-state index contributed by atoms with van der Waals surface area (Å²) in [4.78, 5) is 22.8. The quantitative estimate of drug-likeness (QED) is 0.805. The standard InChI is InChI=1S/C13H16F2N2O2/c1-8(2)7-16-11(18)6-12(19)17-13-9(14)4-3-5-10(13)15/h3-5,8H,6-7H2,1-2H3,(H,16,18)(H,17,19). The second kappa shape index (κ2) is 6.82. The van der Waals surface area contributed by atoms with Gasteiger partial charge in [0.05, 0.1) is 0 Å². The highest BCUT2D eigenvalue weighted by Gasteiger charge is 2.14. The Bertz CT molecular complexity index is 455. The molecular formula is C13H16F2N2O2. The van der Waals surface area contributed by atoms with Gasteiger partial charge in [-0.1, -0.05) is 19.9 Å². The Morgan fingerprint density at radius 2 is 1.74 bits per heavy atom. The summed E-state index contributed by atoms with van der Waals surface area (Å²) >= 11 is 0. The van der Waals surface area contributed by atoms with Crippen LogP contribution in [-0.4, -0.2) is 18.4 Å². The van der Waals surface area contributed by atoms with Crippen molar-refractivity contribution >= 4 is 17.5 Å². The van der Waals surface area contributed by atoms with Crippen molar-refractivity contribution in [2.45, 2.75) is 20.3 Å². The normalized spacial score (nSPS) is 10.4. The molecule has 0 heterocycles. The van der Waals surface area contributed by atoms with Crippen LogP contribution >= 0.6 is 0 Å². The Balaban J connectivity index is 2.54. The second-order valence-electron chi connectivity index (χ2n) is 4.52. The highest BCUT2D eigenvalue weighted by molar-refractivity contribution is 6.03. The van der Waals surface area contributed by atoms with E-state index < -0.39 is 35.6 Å². The SMILES string of the molecule is CC(C)CNC(=O)CC(=O)Nc1c(F)cccc1F. The molecule has 0 spiro atoms. The average molecular weight is 270 g/mol. The van der Waals surface area contributed by atoms with E-state index in [1.165, 1.54) is 6.07 Å². The van der Waals surface area contributed by atoms with Crippen LogP contribution in [-0.2, 0) is 9.59 Å². The molecule has 1 aromatic carbocycles. The van der Waals surface area contributed by atoms with Gasteiger partial charge in [-0.05, 0) is 18.1 Å². The van der Waals surface area contributed by atoms with Crippen LogP contribution in [0.5, 0.6) is 0 Å². The molecule has 0 aliphatic heterocycles. The first-order valence-electron chi connectivity index (χ1n) is 5.90. The number of anilines is 1. The van der Waals surface area contributed by atoms with Crippen LogP contribution in [0.2, 0.25) is 0 Å². The fourth-order valence-corrected chi connectivity index (χ4v) is 1.33. The predicted octanol–water partition coefficient (Wildman–Crippen LogP) is 2.07. The van der Waals surface area contributed by atoms with E-state index >= 15 is 0 Å². The van der Waals surface area contributed by atoms with Crippen molar-refractivity contribution in [1.82, 2.24) is 5.32 Å². The molecule has 0 atom stereocenters. The maximum atomic E-state index is 13.2. The highest BCUT2D eigenvalue weighted by Crippen LogP contribution is 2.17. The van der Waals surface area contributed by atoms with Gasteiger partial charge in [-0.25, -0.2) is 8.78 Å². The van der Waals surface area contributed by atoms with Crippen molar-refractivity contribution in [1.29, 1.82) is 0 Å². The lowest BCUT2D eigenvalue weighted by molar-refractivity contribution is -0.126. The number of rotatable bonds is 5. The van der Waals surface area contributed by atoms with Crippen molar-refractivity contribution in [2.24, 2.45) is 5.92 Å².